The molecule has 0 saturated heterocycles. The van der Waals surface area contributed by atoms with Crippen LogP contribution in [-0.4, -0.2) is 7.11 Å². The van der Waals surface area contributed by atoms with Crippen LogP contribution in [0.5, 0.6) is 0 Å². The number of benzene rings is 1. The van der Waals surface area contributed by atoms with Crippen LogP contribution in [0.15, 0.2) is 18.2 Å². The second-order valence-corrected chi connectivity index (χ2v) is 2.61. The van der Waals surface area contributed by atoms with E-state index < -0.39 is 0 Å². The fraction of sp³-hybridized carbons (Fsp3) is 0.400. The number of hydrogen-bond acceptors (Lipinski definition) is 1. The zero-order chi connectivity index (χ0) is 10.3. The Bertz CT molecular complexity index is 251. The van der Waals surface area contributed by atoms with Crippen molar-refractivity contribution in [3.05, 3.63) is 34.6 Å². The molecule has 0 aromatic heterocycles. The minimum atomic E-state index is -0.320. The maximum Gasteiger partial charge on any atom is 0.130 e. The van der Waals surface area contributed by atoms with Crippen LogP contribution in [0.1, 0.15) is 19.4 Å². The number of ether oxygens (including phenoxy) is 1. The SMILES string of the molecule is CC.COCc1ccc(Cl)cc1F. The van der Waals surface area contributed by atoms with E-state index in [1.807, 2.05) is 13.8 Å². The molecule has 1 nitrogen and oxygen atoms in total. The molecule has 0 N–H and O–H groups in total. The number of methoxy groups -OCH3 is 1. The normalized spacial score (nSPS) is 9.00. The van der Waals surface area contributed by atoms with E-state index in [0.717, 1.165) is 0 Å². The molecule has 0 amide bonds. The van der Waals surface area contributed by atoms with Crippen molar-refractivity contribution >= 4 is 11.6 Å². The summed E-state index contributed by atoms with van der Waals surface area (Å²) in [5, 5.41) is 0.405. The molecule has 1 aromatic carbocycles. The third-order valence-electron chi connectivity index (χ3n) is 1.31. The van der Waals surface area contributed by atoms with Crippen molar-refractivity contribution in [2.24, 2.45) is 0 Å². The van der Waals surface area contributed by atoms with Crippen LogP contribution < -0.4 is 0 Å². The molecular formula is C10H14ClFO. The minimum Gasteiger partial charge on any atom is -0.380 e. The van der Waals surface area contributed by atoms with Gasteiger partial charge in [-0.15, -0.1) is 0 Å². The zero-order valence-electron chi connectivity index (χ0n) is 8.10. The summed E-state index contributed by atoms with van der Waals surface area (Å²) in [6.45, 7) is 4.28. The monoisotopic (exact) mass is 204 g/mol. The summed E-state index contributed by atoms with van der Waals surface area (Å²) in [4.78, 5) is 0. The fourth-order valence-electron chi connectivity index (χ4n) is 0.794. The van der Waals surface area contributed by atoms with Gasteiger partial charge in [0.2, 0.25) is 0 Å². The topological polar surface area (TPSA) is 9.23 Å². The maximum absolute atomic E-state index is 12.9. The molecule has 0 fully saturated rings. The van der Waals surface area contributed by atoms with E-state index in [9.17, 15) is 4.39 Å². The summed E-state index contributed by atoms with van der Waals surface area (Å²) in [6, 6.07) is 4.52. The maximum atomic E-state index is 12.9. The molecule has 0 atom stereocenters. The van der Waals surface area contributed by atoms with Crippen molar-refractivity contribution in [1.29, 1.82) is 0 Å². The Labute approximate surface area is 83.5 Å². The Hall–Kier alpha value is -0.600. The van der Waals surface area contributed by atoms with Crippen LogP contribution in [-0.2, 0) is 11.3 Å². The van der Waals surface area contributed by atoms with E-state index in [1.165, 1.54) is 13.2 Å². The van der Waals surface area contributed by atoms with Gasteiger partial charge in [-0.1, -0.05) is 31.5 Å². The van der Waals surface area contributed by atoms with E-state index in [2.05, 4.69) is 0 Å². The van der Waals surface area contributed by atoms with Crippen LogP contribution in [0, 0.1) is 5.82 Å². The standard InChI is InChI=1S/C8H8ClFO.C2H6/c1-11-5-6-2-3-7(9)4-8(6)10;1-2/h2-4H,5H2,1H3;1-2H3. The molecule has 1 aromatic rings. The molecule has 0 heterocycles. The van der Waals surface area contributed by atoms with Crippen LogP contribution in [0.4, 0.5) is 4.39 Å². The second-order valence-electron chi connectivity index (χ2n) is 2.17. The zero-order valence-corrected chi connectivity index (χ0v) is 8.86. The van der Waals surface area contributed by atoms with Gasteiger partial charge in [0.05, 0.1) is 6.61 Å². The van der Waals surface area contributed by atoms with Gasteiger partial charge < -0.3 is 4.74 Å². The van der Waals surface area contributed by atoms with Crippen molar-refractivity contribution < 1.29 is 9.13 Å². The van der Waals surface area contributed by atoms with Crippen molar-refractivity contribution in [1.82, 2.24) is 0 Å². The Kier molecular flexibility index (Phi) is 6.55. The molecule has 0 spiro atoms. The van der Waals surface area contributed by atoms with Gasteiger partial charge in [-0.25, -0.2) is 4.39 Å². The van der Waals surface area contributed by atoms with Gasteiger partial charge in [0.1, 0.15) is 5.82 Å². The number of rotatable bonds is 2. The Morgan fingerprint density at radius 2 is 2.00 bits per heavy atom. The highest BCUT2D eigenvalue weighted by Gasteiger charge is 2.00. The fourth-order valence-corrected chi connectivity index (χ4v) is 0.953. The minimum absolute atomic E-state index is 0.281. The average Bonchev–Trinajstić information content (AvgIpc) is 2.14. The van der Waals surface area contributed by atoms with Crippen LogP contribution >= 0.6 is 11.6 Å². The van der Waals surface area contributed by atoms with Gasteiger partial charge >= 0.3 is 0 Å². The molecule has 0 aliphatic carbocycles. The Balaban J connectivity index is 0.000000671. The molecule has 0 aliphatic rings. The Morgan fingerprint density at radius 1 is 1.38 bits per heavy atom. The first-order valence-electron chi connectivity index (χ1n) is 4.17. The third kappa shape index (κ3) is 4.25. The lowest BCUT2D eigenvalue weighted by atomic mass is 10.2. The summed E-state index contributed by atoms with van der Waals surface area (Å²) in [5.74, 6) is -0.320. The van der Waals surface area contributed by atoms with Crippen molar-refractivity contribution in [2.75, 3.05) is 7.11 Å². The summed E-state index contributed by atoms with van der Waals surface area (Å²) in [6.07, 6.45) is 0. The average molecular weight is 205 g/mol. The summed E-state index contributed by atoms with van der Waals surface area (Å²) < 4.78 is 17.6. The predicted octanol–water partition coefficient (Wildman–Crippen LogP) is 3.65. The predicted molar refractivity (Wildman–Crippen MR) is 53.5 cm³/mol. The molecule has 0 aliphatic heterocycles. The highest BCUT2D eigenvalue weighted by atomic mass is 35.5. The number of hydrogen-bond donors (Lipinski definition) is 0. The van der Waals surface area contributed by atoms with Crippen molar-refractivity contribution in [2.45, 2.75) is 20.5 Å². The quantitative estimate of drug-likeness (QED) is 0.715. The van der Waals surface area contributed by atoms with E-state index in [-0.39, 0.29) is 12.4 Å². The van der Waals surface area contributed by atoms with Crippen molar-refractivity contribution in [3.63, 3.8) is 0 Å². The molecule has 0 radical (unpaired) electrons. The van der Waals surface area contributed by atoms with Gasteiger partial charge in [0.15, 0.2) is 0 Å². The van der Waals surface area contributed by atoms with Gasteiger partial charge in [0, 0.05) is 17.7 Å². The highest BCUT2D eigenvalue weighted by Crippen LogP contribution is 2.14. The first-order valence-corrected chi connectivity index (χ1v) is 4.54. The second kappa shape index (κ2) is 6.87. The molecule has 1 rings (SSSR count). The Morgan fingerprint density at radius 3 is 2.46 bits per heavy atom. The summed E-state index contributed by atoms with van der Waals surface area (Å²) >= 11 is 5.54. The van der Waals surface area contributed by atoms with E-state index in [1.54, 1.807) is 12.1 Å². The molecule has 3 heteroatoms. The molecule has 13 heavy (non-hydrogen) atoms. The van der Waals surface area contributed by atoms with Crippen LogP contribution in [0.2, 0.25) is 5.02 Å². The number of halogens is 2. The molecule has 74 valence electrons. The van der Waals surface area contributed by atoms with E-state index in [0.29, 0.717) is 10.6 Å². The van der Waals surface area contributed by atoms with Gasteiger partial charge in [0.25, 0.3) is 0 Å². The third-order valence-corrected chi connectivity index (χ3v) is 1.55. The lowest BCUT2D eigenvalue weighted by molar-refractivity contribution is 0.181. The van der Waals surface area contributed by atoms with Crippen molar-refractivity contribution in [3.8, 4) is 0 Å². The smallest absolute Gasteiger partial charge is 0.130 e. The van der Waals surface area contributed by atoms with E-state index >= 15 is 0 Å². The molecule has 0 unspecified atom stereocenters. The summed E-state index contributed by atoms with van der Waals surface area (Å²) in [7, 11) is 1.52. The first-order chi connectivity index (χ1) is 6.24. The highest BCUT2D eigenvalue weighted by molar-refractivity contribution is 6.30. The van der Waals surface area contributed by atoms with Gasteiger partial charge in [-0.05, 0) is 12.1 Å². The lowest BCUT2D eigenvalue weighted by Crippen LogP contribution is -1.91. The lowest BCUT2D eigenvalue weighted by Gasteiger charge is -2.00. The molecule has 0 bridgehead atoms. The van der Waals surface area contributed by atoms with Crippen LogP contribution in [0.3, 0.4) is 0 Å². The van der Waals surface area contributed by atoms with Gasteiger partial charge in [-0.3, -0.25) is 0 Å². The summed E-state index contributed by atoms with van der Waals surface area (Å²) in [5.41, 5.74) is 0.525. The molecular weight excluding hydrogens is 191 g/mol. The van der Waals surface area contributed by atoms with Crippen LogP contribution in [0.25, 0.3) is 0 Å². The first kappa shape index (κ1) is 12.4. The largest absolute Gasteiger partial charge is 0.380 e. The van der Waals surface area contributed by atoms with E-state index in [4.69, 9.17) is 16.3 Å². The van der Waals surface area contributed by atoms with Gasteiger partial charge in [-0.2, -0.15) is 0 Å². The molecule has 0 saturated carbocycles.